The Kier molecular flexibility index (Phi) is 7.23. The van der Waals surface area contributed by atoms with E-state index in [1.807, 2.05) is 80.6 Å². The second-order valence-electron chi connectivity index (χ2n) is 7.50. The maximum Gasteiger partial charge on any atom is 0.319 e. The number of carbonyl (C=O) groups is 2. The van der Waals surface area contributed by atoms with Gasteiger partial charge in [-0.25, -0.2) is 4.79 Å². The van der Waals surface area contributed by atoms with Crippen LogP contribution in [0.4, 0.5) is 10.5 Å². The number of nitrogens with zero attached hydrogens (tertiary/aromatic N) is 1. The topological polar surface area (TPSA) is 94.0 Å². The van der Waals surface area contributed by atoms with E-state index in [2.05, 4.69) is 16.0 Å². The van der Waals surface area contributed by atoms with Gasteiger partial charge in [0, 0.05) is 18.7 Å². The highest BCUT2D eigenvalue weighted by atomic mass is 16.2. The van der Waals surface area contributed by atoms with Gasteiger partial charge in [0.1, 0.15) is 6.04 Å². The highest BCUT2D eigenvalue weighted by Crippen LogP contribution is 2.20. The molecule has 0 bridgehead atoms. The number of hydrogen-bond acceptors (Lipinski definition) is 3. The third kappa shape index (κ3) is 5.83. The Morgan fingerprint density at radius 3 is 2.39 bits per heavy atom. The van der Waals surface area contributed by atoms with Crippen molar-refractivity contribution in [2.24, 2.45) is 0 Å². The lowest BCUT2D eigenvalue weighted by molar-refractivity contribution is -0.122. The summed E-state index contributed by atoms with van der Waals surface area (Å²) in [7, 11) is 0. The summed E-state index contributed by atoms with van der Waals surface area (Å²) in [5.41, 5.74) is 3.56. The minimum absolute atomic E-state index is 0.211. The molecule has 3 aromatic rings. The molecule has 0 spiro atoms. The van der Waals surface area contributed by atoms with Gasteiger partial charge in [0.15, 0.2) is 0 Å². The maximum atomic E-state index is 12.7. The van der Waals surface area contributed by atoms with Crippen molar-refractivity contribution in [1.29, 1.82) is 5.26 Å². The van der Waals surface area contributed by atoms with Crippen molar-refractivity contribution in [1.82, 2.24) is 10.6 Å². The second-order valence-corrected chi connectivity index (χ2v) is 7.50. The minimum atomic E-state index is -0.774. The van der Waals surface area contributed by atoms with Gasteiger partial charge in [0.25, 0.3) is 0 Å². The van der Waals surface area contributed by atoms with E-state index in [4.69, 9.17) is 5.26 Å². The number of hydrogen-bond donors (Lipinski definition) is 3. The number of fused-ring (bicyclic) bond motifs is 1. The Hall–Kier alpha value is -3.85. The molecule has 0 aliphatic rings. The van der Waals surface area contributed by atoms with E-state index >= 15 is 0 Å². The third-order valence-electron chi connectivity index (χ3n) is 5.13. The monoisotopic (exact) mass is 414 g/mol. The third-order valence-corrected chi connectivity index (χ3v) is 5.13. The first-order valence-electron chi connectivity index (χ1n) is 10.2. The van der Waals surface area contributed by atoms with Crippen molar-refractivity contribution in [3.05, 3.63) is 77.4 Å². The summed E-state index contributed by atoms with van der Waals surface area (Å²) in [5, 5.41) is 19.3. The first-order chi connectivity index (χ1) is 15.0. The average molecular weight is 415 g/mol. The fourth-order valence-corrected chi connectivity index (χ4v) is 3.50. The van der Waals surface area contributed by atoms with E-state index in [-0.39, 0.29) is 18.9 Å². The van der Waals surface area contributed by atoms with Gasteiger partial charge in [-0.15, -0.1) is 0 Å². The molecular formula is C25H26N4O2. The predicted molar refractivity (Wildman–Crippen MR) is 123 cm³/mol. The van der Waals surface area contributed by atoms with Crippen LogP contribution in [-0.4, -0.2) is 24.5 Å². The summed E-state index contributed by atoms with van der Waals surface area (Å²) in [6.45, 7) is 4.08. The number of para-hydroxylation sites is 1. The molecule has 0 aliphatic carbocycles. The van der Waals surface area contributed by atoms with Crippen LogP contribution in [0, 0.1) is 25.2 Å². The molecule has 3 aromatic carbocycles. The summed E-state index contributed by atoms with van der Waals surface area (Å²) in [5.74, 6) is -0.319. The zero-order chi connectivity index (χ0) is 22.2. The van der Waals surface area contributed by atoms with E-state index in [0.717, 1.165) is 33.2 Å². The standard InChI is InChI=1S/C25H26N4O2/c1-17-7-5-8-18(2)23(17)29-25(31)28-22(24(30)27-14-6-13-26)16-19-11-12-20-9-3-4-10-21(20)15-19/h3-5,7-12,15,22H,6,14,16H2,1-2H3,(H,27,30)(H2,28,29,31). The predicted octanol–water partition coefficient (Wildman–Crippen LogP) is 4.22. The minimum Gasteiger partial charge on any atom is -0.353 e. The molecule has 0 heterocycles. The van der Waals surface area contributed by atoms with Crippen molar-refractivity contribution in [3.8, 4) is 6.07 Å². The van der Waals surface area contributed by atoms with Gasteiger partial charge in [0.2, 0.25) is 5.91 Å². The fourth-order valence-electron chi connectivity index (χ4n) is 3.50. The molecule has 0 aromatic heterocycles. The zero-order valence-electron chi connectivity index (χ0n) is 17.7. The van der Waals surface area contributed by atoms with Crippen LogP contribution in [0.5, 0.6) is 0 Å². The highest BCUT2D eigenvalue weighted by Gasteiger charge is 2.22. The Balaban J connectivity index is 1.77. The van der Waals surface area contributed by atoms with E-state index in [0.29, 0.717) is 6.42 Å². The lowest BCUT2D eigenvalue weighted by Gasteiger charge is -2.20. The molecule has 3 rings (SSSR count). The Labute approximate surface area is 182 Å². The number of aryl methyl sites for hydroxylation is 2. The number of carbonyl (C=O) groups excluding carboxylic acids is 2. The number of amides is 3. The maximum absolute atomic E-state index is 12.7. The first-order valence-corrected chi connectivity index (χ1v) is 10.2. The van der Waals surface area contributed by atoms with Crippen molar-refractivity contribution in [2.45, 2.75) is 32.7 Å². The summed E-state index contributed by atoms with van der Waals surface area (Å²) in [4.78, 5) is 25.5. The summed E-state index contributed by atoms with van der Waals surface area (Å²) >= 11 is 0. The number of benzene rings is 3. The number of nitriles is 1. The van der Waals surface area contributed by atoms with E-state index < -0.39 is 12.1 Å². The molecule has 1 unspecified atom stereocenters. The Morgan fingerprint density at radius 2 is 1.68 bits per heavy atom. The van der Waals surface area contributed by atoms with E-state index in [9.17, 15) is 9.59 Å². The number of urea groups is 1. The van der Waals surface area contributed by atoms with Gasteiger partial charge in [-0.1, -0.05) is 60.7 Å². The molecule has 6 nitrogen and oxygen atoms in total. The van der Waals surface area contributed by atoms with Crippen molar-refractivity contribution in [3.63, 3.8) is 0 Å². The SMILES string of the molecule is Cc1cccc(C)c1NC(=O)NC(Cc1ccc2ccccc2c1)C(=O)NCCC#N. The zero-order valence-corrected chi connectivity index (χ0v) is 17.7. The van der Waals surface area contributed by atoms with Crippen LogP contribution in [0.3, 0.4) is 0 Å². The number of anilines is 1. The molecule has 6 heteroatoms. The molecule has 3 amide bonds. The quantitative estimate of drug-likeness (QED) is 0.505. The van der Waals surface area contributed by atoms with E-state index in [1.165, 1.54) is 0 Å². The highest BCUT2D eigenvalue weighted by molar-refractivity contribution is 5.95. The van der Waals surface area contributed by atoms with Crippen molar-refractivity contribution < 1.29 is 9.59 Å². The lowest BCUT2D eigenvalue weighted by Crippen LogP contribution is -2.49. The van der Waals surface area contributed by atoms with Gasteiger partial charge in [-0.2, -0.15) is 5.26 Å². The van der Waals surface area contributed by atoms with E-state index in [1.54, 1.807) is 0 Å². The van der Waals surface area contributed by atoms with Crippen LogP contribution in [0.1, 0.15) is 23.1 Å². The van der Waals surface area contributed by atoms with Crippen LogP contribution < -0.4 is 16.0 Å². The molecule has 1 atom stereocenters. The van der Waals surface area contributed by atoms with Gasteiger partial charge in [-0.05, 0) is 41.3 Å². The Morgan fingerprint density at radius 1 is 0.968 bits per heavy atom. The van der Waals surface area contributed by atoms with Gasteiger partial charge >= 0.3 is 6.03 Å². The lowest BCUT2D eigenvalue weighted by atomic mass is 10.0. The normalized spacial score (nSPS) is 11.4. The largest absolute Gasteiger partial charge is 0.353 e. The summed E-state index contributed by atoms with van der Waals surface area (Å²) in [6.07, 6.45) is 0.548. The smallest absolute Gasteiger partial charge is 0.319 e. The van der Waals surface area contributed by atoms with Gasteiger partial charge < -0.3 is 16.0 Å². The Bertz CT molecular complexity index is 1110. The molecule has 0 saturated heterocycles. The molecule has 0 radical (unpaired) electrons. The summed E-state index contributed by atoms with van der Waals surface area (Å²) in [6, 6.07) is 20.5. The van der Waals surface area contributed by atoms with Crippen LogP contribution >= 0.6 is 0 Å². The fraction of sp³-hybridized carbons (Fsp3) is 0.240. The summed E-state index contributed by atoms with van der Waals surface area (Å²) < 4.78 is 0. The molecule has 0 fully saturated rings. The molecule has 0 saturated carbocycles. The van der Waals surface area contributed by atoms with Crippen molar-refractivity contribution in [2.75, 3.05) is 11.9 Å². The number of nitrogens with one attached hydrogen (secondary N) is 3. The molecule has 31 heavy (non-hydrogen) atoms. The van der Waals surface area contributed by atoms with Gasteiger partial charge in [0.05, 0.1) is 12.5 Å². The molecular weight excluding hydrogens is 388 g/mol. The van der Waals surface area contributed by atoms with Crippen LogP contribution in [0.25, 0.3) is 10.8 Å². The van der Waals surface area contributed by atoms with Crippen molar-refractivity contribution >= 4 is 28.4 Å². The second kappa shape index (κ2) is 10.3. The molecule has 158 valence electrons. The number of rotatable bonds is 7. The van der Waals surface area contributed by atoms with Crippen LogP contribution in [0.15, 0.2) is 60.7 Å². The van der Waals surface area contributed by atoms with Gasteiger partial charge in [-0.3, -0.25) is 4.79 Å². The average Bonchev–Trinajstić information content (AvgIpc) is 2.76. The molecule has 3 N–H and O–H groups in total. The molecule has 0 aliphatic heterocycles. The van der Waals surface area contributed by atoms with Crippen LogP contribution in [-0.2, 0) is 11.2 Å². The van der Waals surface area contributed by atoms with Crippen LogP contribution in [0.2, 0.25) is 0 Å². The first kappa shape index (κ1) is 21.8.